The number of hydrogen-bond donors (Lipinski definition) is 2. The van der Waals surface area contributed by atoms with E-state index in [2.05, 4.69) is 33.5 Å². The second kappa shape index (κ2) is 10.7. The molecule has 0 saturated carbocycles. The van der Waals surface area contributed by atoms with Crippen molar-refractivity contribution in [1.29, 1.82) is 5.26 Å². The van der Waals surface area contributed by atoms with Crippen molar-refractivity contribution >= 4 is 34.1 Å². The number of nitrogens with one attached hydrogen (secondary N) is 2. The first-order valence-electron chi connectivity index (χ1n) is 11.5. The summed E-state index contributed by atoms with van der Waals surface area (Å²) in [6.07, 6.45) is 3.83. The van der Waals surface area contributed by atoms with Gasteiger partial charge in [-0.25, -0.2) is 0 Å². The Morgan fingerprint density at radius 2 is 2.18 bits per heavy atom. The quantitative estimate of drug-likeness (QED) is 0.493. The number of anilines is 1. The number of benzene rings is 2. The zero-order chi connectivity index (χ0) is 24.1. The molecular formula is C26H28ClN5O2. The van der Waals surface area contributed by atoms with Crippen LogP contribution in [0.4, 0.5) is 5.69 Å². The van der Waals surface area contributed by atoms with Crippen molar-refractivity contribution in [3.63, 3.8) is 0 Å². The second-order valence-electron chi connectivity index (χ2n) is 8.35. The molecule has 0 bridgehead atoms. The molecule has 1 atom stereocenters. The number of aromatic nitrogens is 1. The third-order valence-corrected chi connectivity index (χ3v) is 6.63. The Morgan fingerprint density at radius 1 is 1.32 bits per heavy atom. The lowest BCUT2D eigenvalue weighted by molar-refractivity contribution is 0.0942. The van der Waals surface area contributed by atoms with E-state index in [0.717, 1.165) is 36.9 Å². The Balaban J connectivity index is 1.63. The third-order valence-electron chi connectivity index (χ3n) is 6.33. The fourth-order valence-corrected chi connectivity index (χ4v) is 4.76. The number of carbonyl (C=O) groups excluding carboxylic acids is 1. The molecule has 1 aromatic heterocycles. The fraction of sp³-hybridized carbons (Fsp3) is 0.346. The highest BCUT2D eigenvalue weighted by atomic mass is 35.5. The van der Waals surface area contributed by atoms with Crippen LogP contribution in [0.2, 0.25) is 5.02 Å². The van der Waals surface area contributed by atoms with E-state index in [4.69, 9.17) is 16.3 Å². The Bertz CT molecular complexity index is 1240. The molecule has 8 heteroatoms. The molecule has 1 unspecified atom stereocenters. The second-order valence-corrected chi connectivity index (χ2v) is 8.75. The summed E-state index contributed by atoms with van der Waals surface area (Å²) in [6, 6.07) is 13.4. The molecule has 0 aliphatic carbocycles. The molecule has 1 fully saturated rings. The summed E-state index contributed by atoms with van der Waals surface area (Å²) in [5.41, 5.74) is 3.24. The van der Waals surface area contributed by atoms with E-state index in [1.165, 1.54) is 0 Å². The van der Waals surface area contributed by atoms with Gasteiger partial charge in [-0.1, -0.05) is 24.6 Å². The Kier molecular flexibility index (Phi) is 7.51. The normalized spacial score (nSPS) is 15.8. The number of fused-ring (bicyclic) bond motifs is 1. The van der Waals surface area contributed by atoms with Crippen LogP contribution in [0.1, 0.15) is 41.3 Å². The van der Waals surface area contributed by atoms with Crippen molar-refractivity contribution in [2.75, 3.05) is 32.1 Å². The van der Waals surface area contributed by atoms with Gasteiger partial charge in [0.2, 0.25) is 0 Å². The number of amides is 1. The average Bonchev–Trinajstić information content (AvgIpc) is 3.33. The SMILES string of the molecule is CCN1CCCC1CNC(=O)c1cnc2ccc(C#N)cc2c1NCc1ccc(OC)c(Cl)c1. The topological polar surface area (TPSA) is 90.3 Å². The number of carbonyl (C=O) groups is 1. The van der Waals surface area contributed by atoms with Crippen molar-refractivity contribution in [2.24, 2.45) is 0 Å². The van der Waals surface area contributed by atoms with Crippen LogP contribution in [0, 0.1) is 11.3 Å². The standard InChI is InChI=1S/C26H28ClN5O2/c1-3-32-10-4-5-19(32)15-31-26(33)21-16-29-23-8-6-17(13-28)11-20(23)25(21)30-14-18-7-9-24(34-2)22(27)12-18/h6-9,11-12,16,19H,3-5,10,14-15H2,1-2H3,(H,29,30)(H,31,33). The van der Waals surface area contributed by atoms with Crippen molar-refractivity contribution in [1.82, 2.24) is 15.2 Å². The minimum atomic E-state index is -0.185. The monoisotopic (exact) mass is 477 g/mol. The lowest BCUT2D eigenvalue weighted by atomic mass is 10.1. The number of pyridine rings is 1. The highest BCUT2D eigenvalue weighted by Crippen LogP contribution is 2.29. The van der Waals surface area contributed by atoms with Crippen LogP contribution in [0.15, 0.2) is 42.6 Å². The zero-order valence-corrected chi connectivity index (χ0v) is 20.2. The van der Waals surface area contributed by atoms with Gasteiger partial charge in [0.15, 0.2) is 0 Å². The minimum Gasteiger partial charge on any atom is -0.495 e. The summed E-state index contributed by atoms with van der Waals surface area (Å²) in [6.45, 7) is 5.23. The number of rotatable bonds is 8. The molecule has 0 radical (unpaired) electrons. The number of nitrogens with zero attached hydrogens (tertiary/aromatic N) is 3. The van der Waals surface area contributed by atoms with Crippen LogP contribution in [0.25, 0.3) is 10.9 Å². The van der Waals surface area contributed by atoms with E-state index >= 15 is 0 Å². The van der Waals surface area contributed by atoms with Gasteiger partial charge >= 0.3 is 0 Å². The Labute approximate surface area is 204 Å². The number of nitriles is 1. The molecule has 1 saturated heterocycles. The summed E-state index contributed by atoms with van der Waals surface area (Å²) in [7, 11) is 1.57. The molecular weight excluding hydrogens is 450 g/mol. The van der Waals surface area contributed by atoms with Crippen molar-refractivity contribution in [2.45, 2.75) is 32.4 Å². The van der Waals surface area contributed by atoms with Gasteiger partial charge in [-0.15, -0.1) is 0 Å². The molecule has 34 heavy (non-hydrogen) atoms. The summed E-state index contributed by atoms with van der Waals surface area (Å²) < 4.78 is 5.23. The van der Waals surface area contributed by atoms with Crippen molar-refractivity contribution in [3.8, 4) is 11.8 Å². The Hall–Kier alpha value is -3.34. The van der Waals surface area contributed by atoms with Crippen LogP contribution in [0.3, 0.4) is 0 Å². The lowest BCUT2D eigenvalue weighted by Gasteiger charge is -2.23. The molecule has 1 aliphatic rings. The van der Waals surface area contributed by atoms with E-state index in [1.807, 2.05) is 18.2 Å². The first kappa shape index (κ1) is 23.8. The number of likely N-dealkylation sites (N-methyl/N-ethyl adjacent to an activating group) is 1. The van der Waals surface area contributed by atoms with Crippen LogP contribution >= 0.6 is 11.6 Å². The van der Waals surface area contributed by atoms with Crippen molar-refractivity contribution in [3.05, 3.63) is 64.3 Å². The molecule has 176 valence electrons. The van der Waals surface area contributed by atoms with Gasteiger partial charge in [0.05, 0.1) is 40.5 Å². The minimum absolute atomic E-state index is 0.185. The molecule has 7 nitrogen and oxygen atoms in total. The number of hydrogen-bond acceptors (Lipinski definition) is 6. The van der Waals surface area contributed by atoms with E-state index < -0.39 is 0 Å². The highest BCUT2D eigenvalue weighted by Gasteiger charge is 2.24. The maximum absolute atomic E-state index is 13.3. The number of likely N-dealkylation sites (tertiary alicyclic amines) is 1. The average molecular weight is 478 g/mol. The van der Waals surface area contributed by atoms with E-state index in [-0.39, 0.29) is 5.91 Å². The van der Waals surface area contributed by atoms with Crippen molar-refractivity contribution < 1.29 is 9.53 Å². The first-order chi connectivity index (χ1) is 16.5. The number of ether oxygens (including phenoxy) is 1. The largest absolute Gasteiger partial charge is 0.495 e. The highest BCUT2D eigenvalue weighted by molar-refractivity contribution is 6.32. The predicted molar refractivity (Wildman–Crippen MR) is 134 cm³/mol. The van der Waals surface area contributed by atoms with E-state index in [9.17, 15) is 10.1 Å². The molecule has 3 aromatic rings. The van der Waals surface area contributed by atoms with Gasteiger partial charge < -0.3 is 15.4 Å². The zero-order valence-electron chi connectivity index (χ0n) is 19.4. The molecule has 2 heterocycles. The summed E-state index contributed by atoms with van der Waals surface area (Å²) in [5.74, 6) is 0.418. The van der Waals surface area contributed by atoms with Gasteiger partial charge in [0, 0.05) is 30.7 Å². The smallest absolute Gasteiger partial charge is 0.255 e. The molecule has 2 aromatic carbocycles. The van der Waals surface area contributed by atoms with Crippen LogP contribution in [-0.4, -0.2) is 48.6 Å². The maximum atomic E-state index is 13.3. The summed E-state index contributed by atoms with van der Waals surface area (Å²) in [5, 5.41) is 17.1. The van der Waals surface area contributed by atoms with E-state index in [1.54, 1.807) is 31.5 Å². The predicted octanol–water partition coefficient (Wildman–Crippen LogP) is 4.59. The first-order valence-corrected chi connectivity index (χ1v) is 11.8. The summed E-state index contributed by atoms with van der Waals surface area (Å²) in [4.78, 5) is 20.1. The van der Waals surface area contributed by atoms with Crippen LogP contribution < -0.4 is 15.4 Å². The van der Waals surface area contributed by atoms with Gasteiger partial charge in [0.25, 0.3) is 5.91 Å². The lowest BCUT2D eigenvalue weighted by Crippen LogP contribution is -2.40. The molecule has 1 aliphatic heterocycles. The number of methoxy groups -OCH3 is 1. The Morgan fingerprint density at radius 3 is 2.91 bits per heavy atom. The van der Waals surface area contributed by atoms with Gasteiger partial charge in [-0.3, -0.25) is 14.7 Å². The van der Waals surface area contributed by atoms with Crippen LogP contribution in [-0.2, 0) is 6.54 Å². The number of halogens is 1. The third kappa shape index (κ3) is 5.09. The van der Waals surface area contributed by atoms with E-state index in [0.29, 0.717) is 52.2 Å². The molecule has 1 amide bonds. The van der Waals surface area contributed by atoms with Gasteiger partial charge in [-0.05, 0) is 61.8 Å². The van der Waals surface area contributed by atoms with Gasteiger partial charge in [-0.2, -0.15) is 5.26 Å². The fourth-order valence-electron chi connectivity index (χ4n) is 4.48. The summed E-state index contributed by atoms with van der Waals surface area (Å²) >= 11 is 6.29. The van der Waals surface area contributed by atoms with Gasteiger partial charge in [0.1, 0.15) is 5.75 Å². The van der Waals surface area contributed by atoms with Crippen LogP contribution in [0.5, 0.6) is 5.75 Å². The molecule has 2 N–H and O–H groups in total. The maximum Gasteiger partial charge on any atom is 0.255 e. The molecule has 4 rings (SSSR count). The molecule has 0 spiro atoms.